The predicted molar refractivity (Wildman–Crippen MR) is 73.5 cm³/mol. The number of amides is 1. The molecule has 0 spiro atoms. The monoisotopic (exact) mass is 263 g/mol. The summed E-state index contributed by atoms with van der Waals surface area (Å²) in [5, 5.41) is 3.23. The van der Waals surface area contributed by atoms with E-state index in [-0.39, 0.29) is 11.8 Å². The van der Waals surface area contributed by atoms with Crippen LogP contribution in [0.2, 0.25) is 0 Å². The molecule has 0 aliphatic carbocycles. The Morgan fingerprint density at radius 1 is 1.53 bits per heavy atom. The number of nitrogens with one attached hydrogen (secondary N) is 1. The molecule has 0 saturated carbocycles. The molecule has 1 atom stereocenters. The van der Waals surface area contributed by atoms with E-state index in [1.807, 2.05) is 17.3 Å². The Morgan fingerprint density at radius 3 is 2.89 bits per heavy atom. The molecule has 2 heterocycles. The normalized spacial score (nSPS) is 19.4. The standard InChI is InChI=1S/C13H21N5O/c1-2-15-6-10-7-16-13(17-8-10)18-5-3-4-11(9-18)12(14)19/h7-8,11,15H,2-6,9H2,1H3,(H2,14,19). The Morgan fingerprint density at radius 2 is 2.26 bits per heavy atom. The zero-order valence-electron chi connectivity index (χ0n) is 11.3. The Kier molecular flexibility index (Phi) is 4.68. The van der Waals surface area contributed by atoms with Gasteiger partial charge in [0.15, 0.2) is 0 Å². The summed E-state index contributed by atoms with van der Waals surface area (Å²) in [5.41, 5.74) is 6.44. The molecule has 19 heavy (non-hydrogen) atoms. The maximum absolute atomic E-state index is 11.3. The van der Waals surface area contributed by atoms with Crippen LogP contribution in [0.25, 0.3) is 0 Å². The number of nitrogens with two attached hydrogens (primary N) is 1. The minimum atomic E-state index is -0.228. The molecule has 6 heteroatoms. The molecule has 1 fully saturated rings. The van der Waals surface area contributed by atoms with Gasteiger partial charge in [-0.15, -0.1) is 0 Å². The highest BCUT2D eigenvalue weighted by Crippen LogP contribution is 2.19. The van der Waals surface area contributed by atoms with Crippen molar-refractivity contribution in [1.82, 2.24) is 15.3 Å². The van der Waals surface area contributed by atoms with Crippen molar-refractivity contribution < 1.29 is 4.79 Å². The van der Waals surface area contributed by atoms with E-state index in [1.54, 1.807) is 0 Å². The van der Waals surface area contributed by atoms with Gasteiger partial charge in [0.1, 0.15) is 0 Å². The van der Waals surface area contributed by atoms with E-state index in [0.29, 0.717) is 12.5 Å². The lowest BCUT2D eigenvalue weighted by Crippen LogP contribution is -2.41. The van der Waals surface area contributed by atoms with E-state index in [1.165, 1.54) is 0 Å². The van der Waals surface area contributed by atoms with Gasteiger partial charge in [0, 0.05) is 37.6 Å². The van der Waals surface area contributed by atoms with Crippen molar-refractivity contribution in [2.75, 3.05) is 24.5 Å². The fourth-order valence-corrected chi connectivity index (χ4v) is 2.26. The highest BCUT2D eigenvalue weighted by molar-refractivity contribution is 5.77. The molecule has 3 N–H and O–H groups in total. The van der Waals surface area contributed by atoms with Crippen molar-refractivity contribution in [3.05, 3.63) is 18.0 Å². The highest BCUT2D eigenvalue weighted by Gasteiger charge is 2.25. The van der Waals surface area contributed by atoms with Gasteiger partial charge in [-0.25, -0.2) is 9.97 Å². The van der Waals surface area contributed by atoms with E-state index in [4.69, 9.17) is 5.73 Å². The quantitative estimate of drug-likeness (QED) is 0.797. The molecule has 1 aromatic heterocycles. The fraction of sp³-hybridized carbons (Fsp3) is 0.615. The summed E-state index contributed by atoms with van der Waals surface area (Å²) in [6, 6.07) is 0. The highest BCUT2D eigenvalue weighted by atomic mass is 16.1. The maximum atomic E-state index is 11.3. The van der Waals surface area contributed by atoms with E-state index < -0.39 is 0 Å². The first-order valence-corrected chi connectivity index (χ1v) is 6.76. The minimum absolute atomic E-state index is 0.0845. The van der Waals surface area contributed by atoms with Gasteiger partial charge in [0.05, 0.1) is 5.92 Å². The van der Waals surface area contributed by atoms with Crippen LogP contribution in [-0.4, -0.2) is 35.5 Å². The van der Waals surface area contributed by atoms with Crippen molar-refractivity contribution in [1.29, 1.82) is 0 Å². The van der Waals surface area contributed by atoms with Crippen LogP contribution in [0.3, 0.4) is 0 Å². The summed E-state index contributed by atoms with van der Waals surface area (Å²) < 4.78 is 0. The Bertz CT molecular complexity index is 420. The van der Waals surface area contributed by atoms with Gasteiger partial charge in [0.2, 0.25) is 11.9 Å². The molecular formula is C13H21N5O. The second-order valence-corrected chi connectivity index (χ2v) is 4.86. The van der Waals surface area contributed by atoms with Crippen LogP contribution in [0, 0.1) is 5.92 Å². The largest absolute Gasteiger partial charge is 0.369 e. The number of carbonyl (C=O) groups excluding carboxylic acids is 1. The fourth-order valence-electron chi connectivity index (χ4n) is 2.26. The summed E-state index contributed by atoms with van der Waals surface area (Å²) in [5.74, 6) is 0.374. The molecule has 0 aromatic carbocycles. The summed E-state index contributed by atoms with van der Waals surface area (Å²) in [4.78, 5) is 22.0. The Balaban J connectivity index is 1.99. The number of carbonyl (C=O) groups is 1. The molecule has 1 aromatic rings. The summed E-state index contributed by atoms with van der Waals surface area (Å²) >= 11 is 0. The predicted octanol–water partition coefficient (Wildman–Crippen LogP) is 0.288. The molecule has 0 radical (unpaired) electrons. The number of piperidine rings is 1. The molecule has 1 unspecified atom stereocenters. The third kappa shape index (κ3) is 3.64. The third-order valence-corrected chi connectivity index (χ3v) is 3.38. The Labute approximate surface area is 113 Å². The zero-order valence-corrected chi connectivity index (χ0v) is 11.3. The number of aromatic nitrogens is 2. The lowest BCUT2D eigenvalue weighted by molar-refractivity contribution is -0.122. The molecule has 1 aliphatic rings. The lowest BCUT2D eigenvalue weighted by Gasteiger charge is -2.31. The first kappa shape index (κ1) is 13.7. The van der Waals surface area contributed by atoms with Gasteiger partial charge in [-0.05, 0) is 19.4 Å². The molecule has 2 rings (SSSR count). The van der Waals surface area contributed by atoms with Crippen molar-refractivity contribution in [3.8, 4) is 0 Å². The number of rotatable bonds is 5. The lowest BCUT2D eigenvalue weighted by atomic mass is 9.98. The second-order valence-electron chi connectivity index (χ2n) is 4.86. The average Bonchev–Trinajstić information content (AvgIpc) is 2.46. The van der Waals surface area contributed by atoms with E-state index in [0.717, 1.165) is 38.0 Å². The van der Waals surface area contributed by atoms with Crippen LogP contribution in [0.1, 0.15) is 25.3 Å². The molecule has 1 amide bonds. The first-order chi connectivity index (χ1) is 9.20. The number of anilines is 1. The van der Waals surface area contributed by atoms with Gasteiger partial charge < -0.3 is 16.0 Å². The van der Waals surface area contributed by atoms with Crippen LogP contribution in [-0.2, 0) is 11.3 Å². The van der Waals surface area contributed by atoms with Gasteiger partial charge in [-0.1, -0.05) is 6.92 Å². The van der Waals surface area contributed by atoms with E-state index >= 15 is 0 Å². The SMILES string of the molecule is CCNCc1cnc(N2CCCC(C(N)=O)C2)nc1. The second kappa shape index (κ2) is 6.47. The number of hydrogen-bond donors (Lipinski definition) is 2. The molecule has 104 valence electrons. The Hall–Kier alpha value is -1.69. The smallest absolute Gasteiger partial charge is 0.225 e. The third-order valence-electron chi connectivity index (χ3n) is 3.38. The number of hydrogen-bond acceptors (Lipinski definition) is 5. The van der Waals surface area contributed by atoms with E-state index in [9.17, 15) is 4.79 Å². The summed E-state index contributed by atoms with van der Waals surface area (Å²) in [6.45, 7) is 5.28. The van der Waals surface area contributed by atoms with Gasteiger partial charge >= 0.3 is 0 Å². The van der Waals surface area contributed by atoms with Crippen LogP contribution in [0.4, 0.5) is 5.95 Å². The molecule has 6 nitrogen and oxygen atoms in total. The van der Waals surface area contributed by atoms with Crippen molar-refractivity contribution in [3.63, 3.8) is 0 Å². The topological polar surface area (TPSA) is 84.1 Å². The minimum Gasteiger partial charge on any atom is -0.369 e. The molecular weight excluding hydrogens is 242 g/mol. The maximum Gasteiger partial charge on any atom is 0.225 e. The number of primary amides is 1. The molecule has 1 saturated heterocycles. The molecule has 1 aliphatic heterocycles. The number of nitrogens with zero attached hydrogens (tertiary/aromatic N) is 3. The summed E-state index contributed by atoms with van der Waals surface area (Å²) in [7, 11) is 0. The van der Waals surface area contributed by atoms with Gasteiger partial charge in [-0.2, -0.15) is 0 Å². The zero-order chi connectivity index (χ0) is 13.7. The van der Waals surface area contributed by atoms with Crippen molar-refractivity contribution in [2.45, 2.75) is 26.3 Å². The average molecular weight is 263 g/mol. The van der Waals surface area contributed by atoms with E-state index in [2.05, 4.69) is 22.2 Å². The van der Waals surface area contributed by atoms with Crippen molar-refractivity contribution in [2.24, 2.45) is 11.7 Å². The van der Waals surface area contributed by atoms with Crippen LogP contribution in [0.5, 0.6) is 0 Å². The van der Waals surface area contributed by atoms with Gasteiger partial charge in [-0.3, -0.25) is 4.79 Å². The van der Waals surface area contributed by atoms with Gasteiger partial charge in [0.25, 0.3) is 0 Å². The van der Waals surface area contributed by atoms with Crippen LogP contribution in [0.15, 0.2) is 12.4 Å². The van der Waals surface area contributed by atoms with Crippen LogP contribution >= 0.6 is 0 Å². The summed E-state index contributed by atoms with van der Waals surface area (Å²) in [6.07, 6.45) is 5.48. The first-order valence-electron chi connectivity index (χ1n) is 6.76. The van der Waals surface area contributed by atoms with Crippen molar-refractivity contribution >= 4 is 11.9 Å². The molecule has 0 bridgehead atoms. The van der Waals surface area contributed by atoms with Crippen LogP contribution < -0.4 is 16.0 Å².